The van der Waals surface area contributed by atoms with Crippen LogP contribution in [0.25, 0.3) is 0 Å². The van der Waals surface area contributed by atoms with Crippen LogP contribution in [0.2, 0.25) is 0 Å². The predicted molar refractivity (Wildman–Crippen MR) is 74.4 cm³/mol. The van der Waals surface area contributed by atoms with Crippen LogP contribution in [-0.2, 0) is 15.3 Å². The molecule has 1 aliphatic rings. The van der Waals surface area contributed by atoms with Crippen LogP contribution in [0.15, 0.2) is 23.1 Å². The first-order valence-corrected chi connectivity index (χ1v) is 7.91. The largest absolute Gasteiger partial charge is 0.399 e. The van der Waals surface area contributed by atoms with Crippen LogP contribution in [0, 0.1) is 0 Å². The lowest BCUT2D eigenvalue weighted by Gasteiger charge is -2.26. The maximum absolute atomic E-state index is 12.4. The minimum atomic E-state index is -3.19. The topological polar surface area (TPSA) is 60.2 Å². The zero-order valence-electron chi connectivity index (χ0n) is 11.2. The third-order valence-corrected chi connectivity index (χ3v) is 5.86. The van der Waals surface area contributed by atoms with Crippen molar-refractivity contribution in [2.24, 2.45) is 0 Å². The summed E-state index contributed by atoms with van der Waals surface area (Å²) in [5, 5.41) is -0.202. The number of hydrogen-bond acceptors (Lipinski definition) is 3. The molecule has 18 heavy (non-hydrogen) atoms. The second-order valence-corrected chi connectivity index (χ2v) is 8.37. The van der Waals surface area contributed by atoms with E-state index in [9.17, 15) is 8.42 Å². The summed E-state index contributed by atoms with van der Waals surface area (Å²) in [6.45, 7) is 6.17. The average Bonchev–Trinajstić information content (AvgIpc) is 2.11. The van der Waals surface area contributed by atoms with E-state index in [4.69, 9.17) is 5.73 Å². The molecular formula is C14H21NO2S. The minimum Gasteiger partial charge on any atom is -0.399 e. The zero-order valence-corrected chi connectivity index (χ0v) is 12.0. The second kappa shape index (κ2) is 4.26. The van der Waals surface area contributed by atoms with Gasteiger partial charge < -0.3 is 5.73 Å². The molecular weight excluding hydrogens is 246 g/mol. The smallest absolute Gasteiger partial charge is 0.181 e. The molecule has 0 heterocycles. The summed E-state index contributed by atoms with van der Waals surface area (Å²) in [4.78, 5) is 0.386. The van der Waals surface area contributed by atoms with E-state index in [0.717, 1.165) is 24.8 Å². The molecule has 3 nitrogen and oxygen atoms in total. The Morgan fingerprint density at radius 3 is 2.22 bits per heavy atom. The molecule has 100 valence electrons. The summed E-state index contributed by atoms with van der Waals surface area (Å²) in [6.07, 6.45) is 2.57. The fraction of sp³-hybridized carbons (Fsp3) is 0.571. The van der Waals surface area contributed by atoms with Gasteiger partial charge in [-0.1, -0.05) is 27.2 Å². The number of anilines is 1. The third kappa shape index (κ3) is 2.39. The normalized spacial score (nSPS) is 17.5. The second-order valence-electron chi connectivity index (χ2n) is 6.14. The summed E-state index contributed by atoms with van der Waals surface area (Å²) >= 11 is 0. The van der Waals surface area contributed by atoms with E-state index < -0.39 is 9.84 Å². The number of nitrogens with two attached hydrogens (primary N) is 1. The maximum atomic E-state index is 12.4. The molecule has 0 aromatic heterocycles. The number of benzene rings is 1. The molecule has 0 unspecified atom stereocenters. The molecule has 1 saturated carbocycles. The summed E-state index contributed by atoms with van der Waals surface area (Å²) in [5.74, 6) is 0. The Balaban J connectivity index is 2.49. The Morgan fingerprint density at radius 1 is 1.17 bits per heavy atom. The van der Waals surface area contributed by atoms with Crippen molar-refractivity contribution in [3.63, 3.8) is 0 Å². The van der Waals surface area contributed by atoms with Crippen LogP contribution in [-0.4, -0.2) is 13.7 Å². The molecule has 0 aliphatic heterocycles. The molecule has 0 atom stereocenters. The molecule has 1 aliphatic carbocycles. The first-order chi connectivity index (χ1) is 8.21. The predicted octanol–water partition coefficient (Wildman–Crippen LogP) is 2.89. The van der Waals surface area contributed by atoms with Gasteiger partial charge in [0.1, 0.15) is 0 Å². The van der Waals surface area contributed by atoms with Crippen LogP contribution in [0.3, 0.4) is 0 Å². The molecule has 0 spiro atoms. The van der Waals surface area contributed by atoms with Gasteiger partial charge in [-0.25, -0.2) is 8.42 Å². The molecule has 4 heteroatoms. The highest BCUT2D eigenvalue weighted by atomic mass is 32.2. The minimum absolute atomic E-state index is 0.0980. The lowest BCUT2D eigenvalue weighted by atomic mass is 9.87. The van der Waals surface area contributed by atoms with Gasteiger partial charge in [-0.15, -0.1) is 0 Å². The van der Waals surface area contributed by atoms with Crippen molar-refractivity contribution in [3.8, 4) is 0 Å². The van der Waals surface area contributed by atoms with Crippen molar-refractivity contribution >= 4 is 15.5 Å². The summed E-state index contributed by atoms with van der Waals surface area (Å²) in [6, 6.07) is 5.23. The van der Waals surface area contributed by atoms with Crippen molar-refractivity contribution < 1.29 is 8.42 Å². The van der Waals surface area contributed by atoms with Gasteiger partial charge in [-0.3, -0.25) is 0 Å². The Kier molecular flexibility index (Phi) is 3.18. The van der Waals surface area contributed by atoms with Crippen LogP contribution in [0.4, 0.5) is 5.69 Å². The molecule has 0 radical (unpaired) electrons. The first kappa shape index (κ1) is 13.4. The van der Waals surface area contributed by atoms with E-state index in [0.29, 0.717) is 10.6 Å². The Morgan fingerprint density at radius 2 is 1.78 bits per heavy atom. The first-order valence-electron chi connectivity index (χ1n) is 6.36. The summed E-state index contributed by atoms with van der Waals surface area (Å²) < 4.78 is 24.8. The maximum Gasteiger partial charge on any atom is 0.181 e. The van der Waals surface area contributed by atoms with E-state index in [2.05, 4.69) is 20.8 Å². The molecule has 1 fully saturated rings. The lowest BCUT2D eigenvalue weighted by molar-refractivity contribution is 0.476. The number of rotatable bonds is 2. The monoisotopic (exact) mass is 267 g/mol. The molecule has 2 rings (SSSR count). The summed E-state index contributed by atoms with van der Waals surface area (Å²) in [7, 11) is -3.19. The molecule has 0 amide bonds. The van der Waals surface area contributed by atoms with Crippen molar-refractivity contribution in [2.75, 3.05) is 5.73 Å². The van der Waals surface area contributed by atoms with Gasteiger partial charge in [0.05, 0.1) is 10.1 Å². The van der Waals surface area contributed by atoms with Gasteiger partial charge in [-0.2, -0.15) is 0 Å². The lowest BCUT2D eigenvalue weighted by Crippen LogP contribution is -2.28. The Hall–Kier alpha value is -1.03. The molecule has 0 saturated heterocycles. The molecule has 1 aromatic carbocycles. The zero-order chi connectivity index (χ0) is 13.6. The van der Waals surface area contributed by atoms with Gasteiger partial charge in [0.25, 0.3) is 0 Å². The van der Waals surface area contributed by atoms with Gasteiger partial charge in [-0.05, 0) is 42.0 Å². The van der Waals surface area contributed by atoms with Gasteiger partial charge in [0.15, 0.2) is 9.84 Å². The fourth-order valence-electron chi connectivity index (χ4n) is 2.09. The average molecular weight is 267 g/mol. The number of hydrogen-bond donors (Lipinski definition) is 1. The van der Waals surface area contributed by atoms with Crippen LogP contribution in [0.5, 0.6) is 0 Å². The molecule has 0 bridgehead atoms. The SMILES string of the molecule is CC(C)(C)c1cc(N)cc(S(=O)(=O)C2CCC2)c1. The van der Waals surface area contributed by atoms with Crippen molar-refractivity contribution in [1.82, 2.24) is 0 Å². The van der Waals surface area contributed by atoms with Gasteiger partial charge in [0, 0.05) is 5.69 Å². The van der Waals surface area contributed by atoms with Crippen molar-refractivity contribution in [1.29, 1.82) is 0 Å². The highest BCUT2D eigenvalue weighted by Gasteiger charge is 2.33. The standard InChI is InChI=1S/C14H21NO2S/c1-14(2,3)10-7-11(15)9-13(8-10)18(16,17)12-5-4-6-12/h7-9,12H,4-6,15H2,1-3H3. The Bertz CT molecular complexity index is 552. The van der Waals surface area contributed by atoms with E-state index in [1.807, 2.05) is 6.07 Å². The van der Waals surface area contributed by atoms with E-state index in [-0.39, 0.29) is 10.7 Å². The Labute approximate surface area is 109 Å². The quantitative estimate of drug-likeness (QED) is 0.838. The molecule has 1 aromatic rings. The van der Waals surface area contributed by atoms with Crippen LogP contribution >= 0.6 is 0 Å². The summed E-state index contributed by atoms with van der Waals surface area (Å²) in [5.41, 5.74) is 7.25. The number of sulfone groups is 1. The van der Waals surface area contributed by atoms with Gasteiger partial charge >= 0.3 is 0 Å². The van der Waals surface area contributed by atoms with E-state index in [1.165, 1.54) is 0 Å². The fourth-order valence-corrected chi connectivity index (χ4v) is 4.02. The van der Waals surface area contributed by atoms with Crippen molar-refractivity contribution in [2.45, 2.75) is 55.6 Å². The van der Waals surface area contributed by atoms with E-state index in [1.54, 1.807) is 12.1 Å². The molecule has 2 N–H and O–H groups in total. The number of nitrogen functional groups attached to an aromatic ring is 1. The van der Waals surface area contributed by atoms with Crippen LogP contribution in [0.1, 0.15) is 45.6 Å². The van der Waals surface area contributed by atoms with Crippen LogP contribution < -0.4 is 5.73 Å². The van der Waals surface area contributed by atoms with Gasteiger partial charge in [0.2, 0.25) is 0 Å². The van der Waals surface area contributed by atoms with E-state index >= 15 is 0 Å². The third-order valence-electron chi connectivity index (χ3n) is 3.61. The highest BCUT2D eigenvalue weighted by molar-refractivity contribution is 7.92. The van der Waals surface area contributed by atoms with Crippen molar-refractivity contribution in [3.05, 3.63) is 23.8 Å². The highest BCUT2D eigenvalue weighted by Crippen LogP contribution is 2.34.